The molecule has 1 aliphatic heterocycles. The largest absolute Gasteiger partial charge is 0.465 e. The van der Waals surface area contributed by atoms with E-state index in [1.54, 1.807) is 15.7 Å². The predicted molar refractivity (Wildman–Crippen MR) is 92.6 cm³/mol. The summed E-state index contributed by atoms with van der Waals surface area (Å²) >= 11 is 1.22. The maximum atomic E-state index is 14.1. The van der Waals surface area contributed by atoms with Gasteiger partial charge in [-0.15, -0.1) is 11.3 Å². The van der Waals surface area contributed by atoms with Crippen LogP contribution in [0.2, 0.25) is 0 Å². The standard InChI is InChI=1S/C17H17FN2O4S/c1-24-17(23)12-8-25-9-14(12)19-16(22)11-7-10(4-5-13(11)18)20-6-2-3-15(20)21/h4-5,7-9,15,21H,2-3,6H2,1H3,(H,19,22). The van der Waals surface area contributed by atoms with Gasteiger partial charge >= 0.3 is 5.97 Å². The lowest BCUT2D eigenvalue weighted by molar-refractivity contribution is 0.0602. The van der Waals surface area contributed by atoms with Crippen LogP contribution < -0.4 is 10.2 Å². The number of methoxy groups -OCH3 is 1. The predicted octanol–water partition coefficient (Wildman–Crippen LogP) is 2.84. The molecule has 1 unspecified atom stereocenters. The van der Waals surface area contributed by atoms with E-state index in [1.807, 2.05) is 0 Å². The molecule has 3 rings (SSSR count). The fourth-order valence-corrected chi connectivity index (χ4v) is 3.52. The summed E-state index contributed by atoms with van der Waals surface area (Å²) in [6, 6.07) is 4.14. The molecule has 2 heterocycles. The summed E-state index contributed by atoms with van der Waals surface area (Å²) in [6.45, 7) is 0.644. The highest BCUT2D eigenvalue weighted by Crippen LogP contribution is 2.27. The van der Waals surface area contributed by atoms with Gasteiger partial charge in [-0.1, -0.05) is 0 Å². The topological polar surface area (TPSA) is 78.9 Å². The lowest BCUT2D eigenvalue weighted by Gasteiger charge is -2.23. The number of anilines is 2. The molecule has 8 heteroatoms. The molecule has 1 aliphatic rings. The van der Waals surface area contributed by atoms with Gasteiger partial charge in [0.2, 0.25) is 0 Å². The van der Waals surface area contributed by atoms with Gasteiger partial charge in [0.25, 0.3) is 5.91 Å². The highest BCUT2D eigenvalue weighted by atomic mass is 32.1. The Morgan fingerprint density at radius 2 is 2.16 bits per heavy atom. The number of nitrogens with one attached hydrogen (secondary N) is 1. The molecule has 0 radical (unpaired) electrons. The van der Waals surface area contributed by atoms with Gasteiger partial charge in [-0.2, -0.15) is 0 Å². The van der Waals surface area contributed by atoms with Crippen LogP contribution in [0, 0.1) is 5.82 Å². The van der Waals surface area contributed by atoms with Crippen molar-refractivity contribution in [2.75, 3.05) is 23.9 Å². The lowest BCUT2D eigenvalue weighted by Crippen LogP contribution is -2.29. The number of carbonyl (C=O) groups is 2. The van der Waals surface area contributed by atoms with Crippen LogP contribution in [-0.2, 0) is 4.74 Å². The number of aliphatic hydroxyl groups is 1. The SMILES string of the molecule is COC(=O)c1cscc1NC(=O)c1cc(N2CCCC2O)ccc1F. The Morgan fingerprint density at radius 1 is 1.36 bits per heavy atom. The zero-order valence-corrected chi connectivity index (χ0v) is 14.3. The molecule has 0 saturated carbocycles. The Labute approximate surface area is 147 Å². The number of thiophene rings is 1. The molecule has 1 aromatic carbocycles. The highest BCUT2D eigenvalue weighted by Gasteiger charge is 2.24. The van der Waals surface area contributed by atoms with Gasteiger partial charge in [-0.05, 0) is 31.0 Å². The first-order valence-corrected chi connectivity index (χ1v) is 8.65. The van der Waals surface area contributed by atoms with Gasteiger partial charge < -0.3 is 20.1 Å². The summed E-state index contributed by atoms with van der Waals surface area (Å²) in [5.41, 5.74) is 0.911. The van der Waals surface area contributed by atoms with Crippen LogP contribution in [-0.4, -0.2) is 36.9 Å². The van der Waals surface area contributed by atoms with Crippen molar-refractivity contribution in [3.63, 3.8) is 0 Å². The van der Waals surface area contributed by atoms with Crippen molar-refractivity contribution in [3.8, 4) is 0 Å². The van der Waals surface area contributed by atoms with Gasteiger partial charge in [0, 0.05) is 23.0 Å². The molecule has 1 amide bonds. The molecule has 6 nitrogen and oxygen atoms in total. The van der Waals surface area contributed by atoms with E-state index in [1.165, 1.54) is 36.6 Å². The van der Waals surface area contributed by atoms with Crippen molar-refractivity contribution >= 4 is 34.6 Å². The van der Waals surface area contributed by atoms with Gasteiger partial charge in [0.1, 0.15) is 12.0 Å². The van der Waals surface area contributed by atoms with E-state index in [0.29, 0.717) is 18.7 Å². The molecule has 1 atom stereocenters. The molecule has 0 spiro atoms. The zero-order chi connectivity index (χ0) is 18.0. The Balaban J connectivity index is 1.85. The van der Waals surface area contributed by atoms with Crippen molar-refractivity contribution in [3.05, 3.63) is 45.9 Å². The molecule has 1 saturated heterocycles. The second-order valence-corrected chi connectivity index (χ2v) is 6.37. The Kier molecular flexibility index (Phi) is 5.00. The van der Waals surface area contributed by atoms with E-state index in [4.69, 9.17) is 0 Å². The third-order valence-electron chi connectivity index (χ3n) is 4.06. The fourth-order valence-electron chi connectivity index (χ4n) is 2.77. The summed E-state index contributed by atoms with van der Waals surface area (Å²) in [7, 11) is 1.25. The van der Waals surface area contributed by atoms with E-state index in [9.17, 15) is 19.1 Å². The average molecular weight is 364 g/mol. The molecule has 1 fully saturated rings. The first-order valence-electron chi connectivity index (χ1n) is 7.71. The average Bonchev–Trinajstić information content (AvgIpc) is 3.23. The minimum absolute atomic E-state index is 0.154. The smallest absolute Gasteiger partial charge is 0.340 e. The third-order valence-corrected chi connectivity index (χ3v) is 4.81. The van der Waals surface area contributed by atoms with Crippen LogP contribution in [0.25, 0.3) is 0 Å². The van der Waals surface area contributed by atoms with Crippen molar-refractivity contribution in [2.45, 2.75) is 19.1 Å². The number of benzene rings is 1. The normalized spacial score (nSPS) is 16.8. The van der Waals surface area contributed by atoms with Gasteiger partial charge in [0.05, 0.1) is 23.9 Å². The van der Waals surface area contributed by atoms with Crippen LogP contribution in [0.5, 0.6) is 0 Å². The monoisotopic (exact) mass is 364 g/mol. The number of rotatable bonds is 4. The maximum absolute atomic E-state index is 14.1. The van der Waals surface area contributed by atoms with E-state index in [0.717, 1.165) is 6.42 Å². The summed E-state index contributed by atoms with van der Waals surface area (Å²) in [5, 5.41) is 15.6. The molecule has 2 N–H and O–H groups in total. The van der Waals surface area contributed by atoms with Gasteiger partial charge in [-0.3, -0.25) is 4.79 Å². The molecular formula is C17H17FN2O4S. The number of ether oxygens (including phenoxy) is 1. The Morgan fingerprint density at radius 3 is 2.84 bits per heavy atom. The molecular weight excluding hydrogens is 347 g/mol. The van der Waals surface area contributed by atoms with E-state index in [2.05, 4.69) is 10.1 Å². The van der Waals surface area contributed by atoms with Gasteiger partial charge in [0.15, 0.2) is 0 Å². The second kappa shape index (κ2) is 7.20. The number of aliphatic hydroxyl groups excluding tert-OH is 1. The van der Waals surface area contributed by atoms with E-state index in [-0.39, 0.29) is 16.8 Å². The molecule has 2 aromatic rings. The molecule has 1 aromatic heterocycles. The maximum Gasteiger partial charge on any atom is 0.340 e. The van der Waals surface area contributed by atoms with Crippen molar-refractivity contribution in [1.29, 1.82) is 0 Å². The first-order chi connectivity index (χ1) is 12.0. The summed E-state index contributed by atoms with van der Waals surface area (Å²) in [4.78, 5) is 25.9. The molecule has 0 aliphatic carbocycles. The summed E-state index contributed by atoms with van der Waals surface area (Å²) in [6.07, 6.45) is 0.831. The van der Waals surface area contributed by atoms with E-state index < -0.39 is 23.9 Å². The summed E-state index contributed by atoms with van der Waals surface area (Å²) < 4.78 is 18.8. The lowest BCUT2D eigenvalue weighted by atomic mass is 10.1. The van der Waals surface area contributed by atoms with Crippen LogP contribution in [0.15, 0.2) is 29.0 Å². The van der Waals surface area contributed by atoms with Gasteiger partial charge in [-0.25, -0.2) is 9.18 Å². The number of hydrogen-bond acceptors (Lipinski definition) is 6. The quantitative estimate of drug-likeness (QED) is 0.816. The number of hydrogen-bond donors (Lipinski definition) is 2. The second-order valence-electron chi connectivity index (χ2n) is 5.63. The van der Waals surface area contributed by atoms with Crippen molar-refractivity contribution in [2.24, 2.45) is 0 Å². The number of amides is 1. The Hall–Kier alpha value is -2.45. The fraction of sp³-hybridized carbons (Fsp3) is 0.294. The van der Waals surface area contributed by atoms with E-state index >= 15 is 0 Å². The minimum Gasteiger partial charge on any atom is -0.465 e. The summed E-state index contributed by atoms with van der Waals surface area (Å²) in [5.74, 6) is -1.92. The van der Waals surface area contributed by atoms with Crippen LogP contribution >= 0.6 is 11.3 Å². The van der Waals surface area contributed by atoms with Crippen molar-refractivity contribution in [1.82, 2.24) is 0 Å². The number of esters is 1. The molecule has 132 valence electrons. The number of carbonyl (C=O) groups excluding carboxylic acids is 2. The highest BCUT2D eigenvalue weighted by molar-refractivity contribution is 7.08. The molecule has 25 heavy (non-hydrogen) atoms. The van der Waals surface area contributed by atoms with Crippen LogP contribution in [0.4, 0.5) is 15.8 Å². The molecule has 0 bridgehead atoms. The van der Waals surface area contributed by atoms with Crippen LogP contribution in [0.1, 0.15) is 33.6 Å². The first kappa shape index (κ1) is 17.4. The van der Waals surface area contributed by atoms with Crippen LogP contribution in [0.3, 0.4) is 0 Å². The Bertz CT molecular complexity index is 808. The third kappa shape index (κ3) is 3.49. The zero-order valence-electron chi connectivity index (χ0n) is 13.5. The number of nitrogens with zero attached hydrogens (tertiary/aromatic N) is 1. The van der Waals surface area contributed by atoms with Crippen molar-refractivity contribution < 1.29 is 23.8 Å². The number of halogens is 1. The minimum atomic E-state index is -0.676.